The molecule has 1 aromatic heterocycles. The zero-order valence-electron chi connectivity index (χ0n) is 10.5. The summed E-state index contributed by atoms with van der Waals surface area (Å²) in [6, 6.07) is 0. The van der Waals surface area contributed by atoms with Gasteiger partial charge in [0, 0.05) is 13.0 Å². The topological polar surface area (TPSA) is 90.1 Å². The van der Waals surface area contributed by atoms with Crippen LogP contribution >= 0.6 is 0 Å². The number of nitrogens with zero attached hydrogens (tertiary/aromatic N) is 4. The molecule has 7 heteroatoms. The fourth-order valence-electron chi connectivity index (χ4n) is 1.81. The number of ether oxygens (including phenoxy) is 1. The lowest BCUT2D eigenvalue weighted by atomic mass is 10.1. The van der Waals surface area contributed by atoms with E-state index in [0.29, 0.717) is 38.2 Å². The standard InChI is InChI=1S/C11H18N4O3/c1-2-6-18-7-3-9-12-13-14-15(9)8-11(4-5-11)10(16)17/h2-8H2,1H3,(H,16,17). The molecule has 1 fully saturated rings. The van der Waals surface area contributed by atoms with Crippen LogP contribution in [0.1, 0.15) is 32.0 Å². The highest BCUT2D eigenvalue weighted by Gasteiger charge is 2.51. The van der Waals surface area contributed by atoms with Crippen LogP contribution in [0.3, 0.4) is 0 Å². The van der Waals surface area contributed by atoms with Crippen LogP contribution in [-0.2, 0) is 22.5 Å². The van der Waals surface area contributed by atoms with Crippen LogP contribution in [0.2, 0.25) is 0 Å². The van der Waals surface area contributed by atoms with Crippen molar-refractivity contribution in [2.75, 3.05) is 13.2 Å². The van der Waals surface area contributed by atoms with Gasteiger partial charge in [0.15, 0.2) is 5.82 Å². The maximum Gasteiger partial charge on any atom is 0.311 e. The number of hydrogen-bond acceptors (Lipinski definition) is 5. The van der Waals surface area contributed by atoms with Gasteiger partial charge in [0.25, 0.3) is 0 Å². The van der Waals surface area contributed by atoms with Crippen LogP contribution in [0.15, 0.2) is 0 Å². The van der Waals surface area contributed by atoms with Gasteiger partial charge in [0.1, 0.15) is 0 Å². The van der Waals surface area contributed by atoms with Crippen molar-refractivity contribution in [2.45, 2.75) is 39.2 Å². The molecule has 100 valence electrons. The Balaban J connectivity index is 1.90. The van der Waals surface area contributed by atoms with Crippen molar-refractivity contribution in [1.29, 1.82) is 0 Å². The van der Waals surface area contributed by atoms with E-state index >= 15 is 0 Å². The van der Waals surface area contributed by atoms with E-state index in [9.17, 15) is 4.79 Å². The van der Waals surface area contributed by atoms with Crippen LogP contribution in [0.25, 0.3) is 0 Å². The third-order valence-corrected chi connectivity index (χ3v) is 3.18. The van der Waals surface area contributed by atoms with E-state index in [2.05, 4.69) is 15.5 Å². The van der Waals surface area contributed by atoms with Crippen molar-refractivity contribution < 1.29 is 14.6 Å². The summed E-state index contributed by atoms with van der Waals surface area (Å²) in [5.74, 6) is -0.0650. The highest BCUT2D eigenvalue weighted by molar-refractivity contribution is 5.77. The van der Waals surface area contributed by atoms with Crippen LogP contribution in [-0.4, -0.2) is 44.5 Å². The molecule has 18 heavy (non-hydrogen) atoms. The minimum Gasteiger partial charge on any atom is -0.481 e. The second kappa shape index (κ2) is 5.43. The summed E-state index contributed by atoms with van der Waals surface area (Å²) < 4.78 is 6.97. The Morgan fingerprint density at radius 2 is 2.28 bits per heavy atom. The molecule has 1 aliphatic rings. The molecule has 0 unspecified atom stereocenters. The van der Waals surface area contributed by atoms with Crippen LogP contribution in [0, 0.1) is 5.41 Å². The number of hydrogen-bond donors (Lipinski definition) is 1. The minimum absolute atomic E-state index is 0.360. The number of carboxylic acid groups (broad SMARTS) is 1. The summed E-state index contributed by atoms with van der Waals surface area (Å²) in [5, 5.41) is 20.5. The molecule has 0 saturated heterocycles. The summed E-state index contributed by atoms with van der Waals surface area (Å²) in [5.41, 5.74) is -0.644. The molecular formula is C11H18N4O3. The second-order valence-corrected chi connectivity index (χ2v) is 4.70. The minimum atomic E-state index is -0.758. The number of aromatic nitrogens is 4. The molecule has 1 N–H and O–H groups in total. The summed E-state index contributed by atoms with van der Waals surface area (Å²) in [4.78, 5) is 11.1. The van der Waals surface area contributed by atoms with Gasteiger partial charge in [-0.1, -0.05) is 6.92 Å². The maximum atomic E-state index is 11.1. The number of carboxylic acids is 1. The first kappa shape index (κ1) is 12.9. The fourth-order valence-corrected chi connectivity index (χ4v) is 1.81. The lowest BCUT2D eigenvalue weighted by Gasteiger charge is -2.10. The molecular weight excluding hydrogens is 236 g/mol. The smallest absolute Gasteiger partial charge is 0.311 e. The molecule has 1 saturated carbocycles. The molecule has 1 aliphatic carbocycles. The van der Waals surface area contributed by atoms with Gasteiger partial charge in [-0.25, -0.2) is 4.68 Å². The highest BCUT2D eigenvalue weighted by atomic mass is 16.5. The molecule has 0 aromatic carbocycles. The zero-order chi connectivity index (χ0) is 13.0. The predicted molar refractivity (Wildman–Crippen MR) is 61.9 cm³/mol. The normalized spacial score (nSPS) is 16.7. The highest BCUT2D eigenvalue weighted by Crippen LogP contribution is 2.47. The first-order valence-electron chi connectivity index (χ1n) is 6.24. The van der Waals surface area contributed by atoms with Crippen LogP contribution in [0.5, 0.6) is 0 Å². The largest absolute Gasteiger partial charge is 0.481 e. The summed E-state index contributed by atoms with van der Waals surface area (Å²) in [7, 11) is 0. The van der Waals surface area contributed by atoms with Gasteiger partial charge in [-0.15, -0.1) is 5.10 Å². The van der Waals surface area contributed by atoms with Crippen molar-refractivity contribution in [3.8, 4) is 0 Å². The molecule has 0 bridgehead atoms. The van der Waals surface area contributed by atoms with Gasteiger partial charge >= 0.3 is 5.97 Å². The van der Waals surface area contributed by atoms with Crippen molar-refractivity contribution in [3.63, 3.8) is 0 Å². The number of tetrazole rings is 1. The monoisotopic (exact) mass is 254 g/mol. The van der Waals surface area contributed by atoms with E-state index in [4.69, 9.17) is 9.84 Å². The second-order valence-electron chi connectivity index (χ2n) is 4.70. The quantitative estimate of drug-likeness (QED) is 0.680. The van der Waals surface area contributed by atoms with Crippen LogP contribution in [0.4, 0.5) is 0 Å². The molecule has 2 rings (SSSR count). The molecule has 0 atom stereocenters. The first-order chi connectivity index (χ1) is 8.68. The Kier molecular flexibility index (Phi) is 3.90. The lowest BCUT2D eigenvalue weighted by Crippen LogP contribution is -2.23. The van der Waals surface area contributed by atoms with E-state index in [-0.39, 0.29) is 0 Å². The van der Waals surface area contributed by atoms with Crippen LogP contribution < -0.4 is 0 Å². The van der Waals surface area contributed by atoms with E-state index in [1.54, 1.807) is 4.68 Å². The Labute approximate surface area is 105 Å². The van der Waals surface area contributed by atoms with Crippen molar-refractivity contribution in [2.24, 2.45) is 5.41 Å². The Bertz CT molecular complexity index is 414. The van der Waals surface area contributed by atoms with E-state index in [1.807, 2.05) is 6.92 Å². The molecule has 7 nitrogen and oxygen atoms in total. The maximum absolute atomic E-state index is 11.1. The number of rotatable bonds is 8. The predicted octanol–water partition coefficient (Wildman–Crippen LogP) is 0.507. The van der Waals surface area contributed by atoms with E-state index < -0.39 is 11.4 Å². The van der Waals surface area contributed by atoms with Gasteiger partial charge in [-0.05, 0) is 29.7 Å². The number of carbonyl (C=O) groups is 1. The lowest BCUT2D eigenvalue weighted by molar-refractivity contribution is -0.144. The first-order valence-corrected chi connectivity index (χ1v) is 6.24. The third kappa shape index (κ3) is 2.84. The summed E-state index contributed by atoms with van der Waals surface area (Å²) in [6.45, 7) is 3.70. The Hall–Kier alpha value is -1.50. The van der Waals surface area contributed by atoms with Crippen molar-refractivity contribution in [3.05, 3.63) is 5.82 Å². The zero-order valence-corrected chi connectivity index (χ0v) is 10.5. The van der Waals surface area contributed by atoms with E-state index in [1.165, 1.54) is 0 Å². The summed E-state index contributed by atoms with van der Waals surface area (Å²) in [6.07, 6.45) is 3.00. The van der Waals surface area contributed by atoms with Gasteiger partial charge in [0.2, 0.25) is 0 Å². The molecule has 0 radical (unpaired) electrons. The van der Waals surface area contributed by atoms with Crippen molar-refractivity contribution in [1.82, 2.24) is 20.2 Å². The van der Waals surface area contributed by atoms with Gasteiger partial charge in [0.05, 0.1) is 18.6 Å². The Morgan fingerprint density at radius 3 is 2.89 bits per heavy atom. The van der Waals surface area contributed by atoms with Gasteiger partial charge < -0.3 is 9.84 Å². The average molecular weight is 254 g/mol. The SMILES string of the molecule is CCCOCCc1nnnn1CC1(C(=O)O)CC1. The molecule has 1 aromatic rings. The third-order valence-electron chi connectivity index (χ3n) is 3.18. The average Bonchev–Trinajstić information content (AvgIpc) is 3.00. The van der Waals surface area contributed by atoms with Gasteiger partial charge in [-0.2, -0.15) is 0 Å². The number of aliphatic carboxylic acids is 1. The van der Waals surface area contributed by atoms with Crippen molar-refractivity contribution >= 4 is 5.97 Å². The fraction of sp³-hybridized carbons (Fsp3) is 0.818. The summed E-state index contributed by atoms with van der Waals surface area (Å²) >= 11 is 0. The molecule has 0 aliphatic heterocycles. The molecule has 0 amide bonds. The van der Waals surface area contributed by atoms with E-state index in [0.717, 1.165) is 13.0 Å². The molecule has 0 spiro atoms. The van der Waals surface area contributed by atoms with Gasteiger partial charge in [-0.3, -0.25) is 4.79 Å². The molecule has 1 heterocycles. The Morgan fingerprint density at radius 1 is 1.50 bits per heavy atom.